The molecule has 5 heteroatoms. The summed E-state index contributed by atoms with van der Waals surface area (Å²) in [6, 6.07) is 6.23. The Balaban J connectivity index is 1.69. The molecule has 3 rings (SSSR count). The highest BCUT2D eigenvalue weighted by molar-refractivity contribution is 5.78. The van der Waals surface area contributed by atoms with Crippen LogP contribution in [0.15, 0.2) is 18.2 Å². The van der Waals surface area contributed by atoms with Crippen LogP contribution in [-0.4, -0.2) is 56.1 Å². The van der Waals surface area contributed by atoms with Crippen molar-refractivity contribution in [2.45, 2.75) is 38.6 Å². The van der Waals surface area contributed by atoms with E-state index in [1.807, 2.05) is 17.0 Å². The Morgan fingerprint density at radius 3 is 2.56 bits per heavy atom. The predicted molar refractivity (Wildman–Crippen MR) is 98.1 cm³/mol. The van der Waals surface area contributed by atoms with E-state index in [0.29, 0.717) is 6.54 Å². The van der Waals surface area contributed by atoms with Crippen molar-refractivity contribution in [1.29, 1.82) is 0 Å². The number of ether oxygens (including phenoxy) is 2. The standard InChI is InChI=1S/C20H30N2O3/c1-15-8-11-21(12-9-15)20(23)14-22-10-4-5-18(22)17-7-6-16(24-2)13-19(17)25-3/h6-7,13,15,18H,4-5,8-12,14H2,1-3H3. The molecule has 0 spiro atoms. The molecule has 138 valence electrons. The van der Waals surface area contributed by atoms with Gasteiger partial charge in [-0.15, -0.1) is 0 Å². The lowest BCUT2D eigenvalue weighted by molar-refractivity contribution is -0.134. The van der Waals surface area contributed by atoms with Gasteiger partial charge in [0.2, 0.25) is 5.91 Å². The SMILES string of the molecule is COc1ccc(C2CCCN2CC(=O)N2CCC(C)CC2)c(OC)c1. The van der Waals surface area contributed by atoms with Crippen LogP contribution in [0.4, 0.5) is 0 Å². The number of carbonyl (C=O) groups is 1. The zero-order valence-electron chi connectivity index (χ0n) is 15.7. The van der Waals surface area contributed by atoms with Gasteiger partial charge >= 0.3 is 0 Å². The van der Waals surface area contributed by atoms with Gasteiger partial charge in [0.25, 0.3) is 0 Å². The molecule has 1 amide bonds. The van der Waals surface area contributed by atoms with E-state index in [0.717, 1.165) is 68.3 Å². The molecule has 1 unspecified atom stereocenters. The molecule has 2 aliphatic rings. The number of methoxy groups -OCH3 is 2. The molecule has 25 heavy (non-hydrogen) atoms. The summed E-state index contributed by atoms with van der Waals surface area (Å²) in [7, 11) is 3.35. The van der Waals surface area contributed by atoms with Crippen LogP contribution in [0, 0.1) is 5.92 Å². The van der Waals surface area contributed by atoms with Crippen molar-refractivity contribution in [2.75, 3.05) is 40.4 Å². The maximum atomic E-state index is 12.7. The molecule has 2 saturated heterocycles. The highest BCUT2D eigenvalue weighted by atomic mass is 16.5. The average molecular weight is 346 g/mol. The van der Waals surface area contributed by atoms with Crippen molar-refractivity contribution in [1.82, 2.24) is 9.80 Å². The highest BCUT2D eigenvalue weighted by Crippen LogP contribution is 2.38. The van der Waals surface area contributed by atoms with Crippen molar-refractivity contribution in [3.63, 3.8) is 0 Å². The first-order valence-corrected chi connectivity index (χ1v) is 9.36. The number of amides is 1. The number of hydrogen-bond donors (Lipinski definition) is 0. The molecule has 0 saturated carbocycles. The summed E-state index contributed by atoms with van der Waals surface area (Å²) in [5.74, 6) is 2.65. The van der Waals surface area contributed by atoms with Crippen LogP contribution in [0.3, 0.4) is 0 Å². The molecule has 1 atom stereocenters. The van der Waals surface area contributed by atoms with Crippen LogP contribution >= 0.6 is 0 Å². The second-order valence-electron chi connectivity index (χ2n) is 7.30. The van der Waals surface area contributed by atoms with Gasteiger partial charge in [0.05, 0.1) is 20.8 Å². The van der Waals surface area contributed by atoms with Crippen LogP contribution in [0.5, 0.6) is 11.5 Å². The van der Waals surface area contributed by atoms with Gasteiger partial charge < -0.3 is 14.4 Å². The number of rotatable bonds is 5. The Labute approximate surface area is 150 Å². The lowest BCUT2D eigenvalue weighted by Crippen LogP contribution is -2.43. The van der Waals surface area contributed by atoms with E-state index in [9.17, 15) is 4.79 Å². The van der Waals surface area contributed by atoms with Crippen molar-refractivity contribution in [2.24, 2.45) is 5.92 Å². The van der Waals surface area contributed by atoms with Gasteiger partial charge in [-0.3, -0.25) is 9.69 Å². The molecular weight excluding hydrogens is 316 g/mol. The zero-order valence-corrected chi connectivity index (χ0v) is 15.7. The number of likely N-dealkylation sites (tertiary alicyclic amines) is 2. The topological polar surface area (TPSA) is 42.0 Å². The maximum absolute atomic E-state index is 12.7. The smallest absolute Gasteiger partial charge is 0.236 e. The normalized spacial score (nSPS) is 22.2. The van der Waals surface area contributed by atoms with Gasteiger partial charge in [0, 0.05) is 30.8 Å². The fourth-order valence-corrected chi connectivity index (χ4v) is 3.99. The summed E-state index contributed by atoms with van der Waals surface area (Å²) in [5, 5.41) is 0. The van der Waals surface area contributed by atoms with Gasteiger partial charge in [-0.2, -0.15) is 0 Å². The predicted octanol–water partition coefficient (Wildman–Crippen LogP) is 3.10. The van der Waals surface area contributed by atoms with E-state index in [1.165, 1.54) is 0 Å². The third-order valence-electron chi connectivity index (χ3n) is 5.64. The summed E-state index contributed by atoms with van der Waals surface area (Å²) >= 11 is 0. The van der Waals surface area contributed by atoms with Crippen LogP contribution < -0.4 is 9.47 Å². The van der Waals surface area contributed by atoms with E-state index in [4.69, 9.17) is 9.47 Å². The first kappa shape index (κ1) is 18.1. The number of nitrogens with zero attached hydrogens (tertiary/aromatic N) is 2. The monoisotopic (exact) mass is 346 g/mol. The first-order chi connectivity index (χ1) is 12.1. The number of piperidine rings is 1. The minimum Gasteiger partial charge on any atom is -0.497 e. The minimum atomic E-state index is 0.244. The molecular formula is C20H30N2O3. The number of carbonyl (C=O) groups excluding carboxylic acids is 1. The molecule has 0 aliphatic carbocycles. The molecule has 0 bridgehead atoms. The maximum Gasteiger partial charge on any atom is 0.236 e. The second-order valence-corrected chi connectivity index (χ2v) is 7.30. The molecule has 1 aromatic rings. The fourth-order valence-electron chi connectivity index (χ4n) is 3.99. The van der Waals surface area contributed by atoms with E-state index in [1.54, 1.807) is 14.2 Å². The Kier molecular flexibility index (Phi) is 5.84. The molecule has 5 nitrogen and oxygen atoms in total. The van der Waals surface area contributed by atoms with E-state index >= 15 is 0 Å². The summed E-state index contributed by atoms with van der Waals surface area (Å²) in [6.45, 7) is 5.56. The molecule has 0 aromatic heterocycles. The van der Waals surface area contributed by atoms with Crippen molar-refractivity contribution in [3.8, 4) is 11.5 Å². The Morgan fingerprint density at radius 2 is 1.88 bits per heavy atom. The van der Waals surface area contributed by atoms with Crippen LogP contribution in [0.25, 0.3) is 0 Å². The summed E-state index contributed by atoms with van der Waals surface area (Å²) in [6.07, 6.45) is 4.43. The molecule has 1 aromatic carbocycles. The van der Waals surface area contributed by atoms with Crippen LogP contribution in [0.2, 0.25) is 0 Å². The van der Waals surface area contributed by atoms with Gasteiger partial charge in [-0.1, -0.05) is 13.0 Å². The third kappa shape index (κ3) is 4.09. The highest BCUT2D eigenvalue weighted by Gasteiger charge is 2.31. The summed E-state index contributed by atoms with van der Waals surface area (Å²) in [4.78, 5) is 17.1. The Bertz CT molecular complexity index is 597. The van der Waals surface area contributed by atoms with E-state index < -0.39 is 0 Å². The van der Waals surface area contributed by atoms with E-state index in [-0.39, 0.29) is 11.9 Å². The van der Waals surface area contributed by atoms with Crippen molar-refractivity contribution in [3.05, 3.63) is 23.8 Å². The molecule has 2 aliphatic heterocycles. The van der Waals surface area contributed by atoms with Crippen molar-refractivity contribution < 1.29 is 14.3 Å². The Hall–Kier alpha value is -1.75. The van der Waals surface area contributed by atoms with Gasteiger partial charge in [-0.25, -0.2) is 0 Å². The van der Waals surface area contributed by atoms with Gasteiger partial charge in [0.15, 0.2) is 0 Å². The lowest BCUT2D eigenvalue weighted by Gasteiger charge is -2.33. The second kappa shape index (κ2) is 8.09. The van der Waals surface area contributed by atoms with Crippen LogP contribution in [-0.2, 0) is 4.79 Å². The molecule has 0 radical (unpaired) electrons. The quantitative estimate of drug-likeness (QED) is 0.822. The number of hydrogen-bond acceptors (Lipinski definition) is 4. The summed E-state index contributed by atoms with van der Waals surface area (Å²) in [5.41, 5.74) is 1.15. The first-order valence-electron chi connectivity index (χ1n) is 9.36. The average Bonchev–Trinajstić information content (AvgIpc) is 3.09. The molecule has 0 N–H and O–H groups in total. The molecule has 2 heterocycles. The Morgan fingerprint density at radius 1 is 1.12 bits per heavy atom. The van der Waals surface area contributed by atoms with Gasteiger partial charge in [0.1, 0.15) is 11.5 Å². The lowest BCUT2D eigenvalue weighted by atomic mass is 9.99. The number of benzene rings is 1. The zero-order chi connectivity index (χ0) is 17.8. The van der Waals surface area contributed by atoms with E-state index in [2.05, 4.69) is 17.9 Å². The fraction of sp³-hybridized carbons (Fsp3) is 0.650. The largest absolute Gasteiger partial charge is 0.497 e. The minimum absolute atomic E-state index is 0.244. The van der Waals surface area contributed by atoms with Crippen molar-refractivity contribution >= 4 is 5.91 Å². The molecule has 2 fully saturated rings. The van der Waals surface area contributed by atoms with Crippen LogP contribution in [0.1, 0.15) is 44.2 Å². The van der Waals surface area contributed by atoms with Gasteiger partial charge in [-0.05, 0) is 44.2 Å². The third-order valence-corrected chi connectivity index (χ3v) is 5.64. The summed E-state index contributed by atoms with van der Waals surface area (Å²) < 4.78 is 10.9.